The average Bonchev–Trinajstić information content (AvgIpc) is 3.31. The van der Waals surface area contributed by atoms with E-state index in [2.05, 4.69) is 0 Å². The van der Waals surface area contributed by atoms with Crippen LogP contribution < -0.4 is 0 Å². The summed E-state index contributed by atoms with van der Waals surface area (Å²) < 4.78 is 44.5. The molecule has 0 saturated carbocycles. The molecule has 2 aromatic heterocycles. The Hall–Kier alpha value is -2.80. The van der Waals surface area contributed by atoms with Gasteiger partial charge in [0.05, 0.1) is 11.6 Å². The third-order valence-corrected chi connectivity index (χ3v) is 6.37. The summed E-state index contributed by atoms with van der Waals surface area (Å²) in [6.07, 6.45) is -0.569. The van der Waals surface area contributed by atoms with E-state index in [4.69, 9.17) is 4.42 Å². The Labute approximate surface area is 176 Å². The summed E-state index contributed by atoms with van der Waals surface area (Å²) in [6.45, 7) is 4.29. The van der Waals surface area contributed by atoms with Crippen molar-refractivity contribution in [1.29, 1.82) is 0 Å². The lowest BCUT2D eigenvalue weighted by Gasteiger charge is -2.35. The SMILES string of the molecule is Cc1cc(C=CC(=O)N2CCc3sccc3C2c2ccc(C(F)(F)F)cc2)oc1C. The number of aryl methyl sites for hydroxylation is 2. The van der Waals surface area contributed by atoms with E-state index in [1.807, 2.05) is 31.4 Å². The molecular weight excluding hydrogens is 411 g/mol. The van der Waals surface area contributed by atoms with Crippen LogP contribution in [0.1, 0.15) is 44.7 Å². The minimum atomic E-state index is -4.39. The molecule has 0 bridgehead atoms. The quantitative estimate of drug-likeness (QED) is 0.465. The lowest BCUT2D eigenvalue weighted by Crippen LogP contribution is -2.39. The second-order valence-electron chi connectivity index (χ2n) is 7.32. The zero-order chi connectivity index (χ0) is 21.5. The molecule has 3 nitrogen and oxygen atoms in total. The maximum atomic E-state index is 13.0. The summed E-state index contributed by atoms with van der Waals surface area (Å²) in [5, 5.41) is 1.96. The van der Waals surface area contributed by atoms with E-state index in [9.17, 15) is 18.0 Å². The topological polar surface area (TPSA) is 33.5 Å². The third-order valence-electron chi connectivity index (χ3n) is 5.38. The highest BCUT2D eigenvalue weighted by Gasteiger charge is 2.34. The molecule has 0 spiro atoms. The summed E-state index contributed by atoms with van der Waals surface area (Å²) in [6, 6.07) is 8.46. The zero-order valence-corrected chi connectivity index (χ0v) is 17.3. The number of carbonyl (C=O) groups is 1. The molecule has 1 aliphatic heterocycles. The fraction of sp³-hybridized carbons (Fsp3) is 0.261. The van der Waals surface area contributed by atoms with Gasteiger partial charge in [-0.25, -0.2) is 0 Å². The number of halogens is 3. The third kappa shape index (κ3) is 3.94. The van der Waals surface area contributed by atoms with Gasteiger partial charge in [-0.1, -0.05) is 12.1 Å². The van der Waals surface area contributed by atoms with Crippen LogP contribution in [0.15, 0.2) is 52.3 Å². The molecule has 0 aliphatic carbocycles. The van der Waals surface area contributed by atoms with Crippen molar-refractivity contribution >= 4 is 23.3 Å². The maximum Gasteiger partial charge on any atom is 0.416 e. The van der Waals surface area contributed by atoms with Crippen LogP contribution in [0, 0.1) is 13.8 Å². The van der Waals surface area contributed by atoms with Gasteiger partial charge in [0.1, 0.15) is 11.5 Å². The lowest BCUT2D eigenvalue weighted by atomic mass is 9.92. The number of nitrogens with zero attached hydrogens (tertiary/aromatic N) is 1. The molecule has 1 atom stereocenters. The number of rotatable bonds is 3. The number of hydrogen-bond acceptors (Lipinski definition) is 3. The molecule has 1 amide bonds. The summed E-state index contributed by atoms with van der Waals surface area (Å²) in [4.78, 5) is 15.9. The molecule has 1 unspecified atom stereocenters. The molecule has 0 N–H and O–H groups in total. The molecule has 1 aliphatic rings. The molecule has 4 rings (SSSR count). The first-order valence-electron chi connectivity index (χ1n) is 9.53. The van der Waals surface area contributed by atoms with Gasteiger partial charge in [0.2, 0.25) is 5.91 Å². The molecule has 156 valence electrons. The van der Waals surface area contributed by atoms with Crippen molar-refractivity contribution in [2.45, 2.75) is 32.5 Å². The number of benzene rings is 1. The van der Waals surface area contributed by atoms with Crippen molar-refractivity contribution in [3.8, 4) is 0 Å². The summed E-state index contributed by atoms with van der Waals surface area (Å²) in [7, 11) is 0. The van der Waals surface area contributed by atoms with Gasteiger partial charge in [-0.15, -0.1) is 11.3 Å². The molecule has 1 aromatic carbocycles. The standard InChI is InChI=1S/C23H20F3NO2S/c1-14-13-18(29-15(14)2)7-8-21(28)27-11-9-20-19(10-12-30-20)22(27)16-3-5-17(6-4-16)23(24,25)26/h3-8,10,12-13,22H,9,11H2,1-2H3. The maximum absolute atomic E-state index is 13.0. The Balaban J connectivity index is 1.65. The Kier molecular flexibility index (Phi) is 5.32. The van der Waals surface area contributed by atoms with Gasteiger partial charge in [0, 0.05) is 17.5 Å². The van der Waals surface area contributed by atoms with Crippen molar-refractivity contribution in [3.05, 3.63) is 86.5 Å². The highest BCUT2D eigenvalue weighted by atomic mass is 32.1. The number of carbonyl (C=O) groups excluding carboxylic acids is 1. The van der Waals surface area contributed by atoms with Crippen LogP contribution in [0.5, 0.6) is 0 Å². The predicted molar refractivity (Wildman–Crippen MR) is 110 cm³/mol. The molecule has 30 heavy (non-hydrogen) atoms. The summed E-state index contributed by atoms with van der Waals surface area (Å²) >= 11 is 1.61. The van der Waals surface area contributed by atoms with E-state index >= 15 is 0 Å². The predicted octanol–water partition coefficient (Wildman–Crippen LogP) is 6.16. The fourth-order valence-electron chi connectivity index (χ4n) is 3.70. The number of fused-ring (bicyclic) bond motifs is 1. The van der Waals surface area contributed by atoms with Crippen LogP contribution >= 0.6 is 11.3 Å². The monoisotopic (exact) mass is 431 g/mol. The van der Waals surface area contributed by atoms with Crippen molar-refractivity contribution in [2.24, 2.45) is 0 Å². The van der Waals surface area contributed by atoms with Gasteiger partial charge in [0.15, 0.2) is 0 Å². The number of hydrogen-bond donors (Lipinski definition) is 0. The van der Waals surface area contributed by atoms with E-state index in [1.54, 1.807) is 22.3 Å². The van der Waals surface area contributed by atoms with Crippen LogP contribution in [0.25, 0.3) is 6.08 Å². The van der Waals surface area contributed by atoms with Crippen LogP contribution in [0.3, 0.4) is 0 Å². The number of thiophene rings is 1. The van der Waals surface area contributed by atoms with Gasteiger partial charge in [-0.3, -0.25) is 4.79 Å². The summed E-state index contributed by atoms with van der Waals surface area (Å²) in [5.74, 6) is 1.19. The molecular formula is C23H20F3NO2S. The fourth-order valence-corrected chi connectivity index (χ4v) is 4.60. The van der Waals surface area contributed by atoms with Gasteiger partial charge in [-0.05, 0) is 72.7 Å². The minimum absolute atomic E-state index is 0.205. The van der Waals surface area contributed by atoms with Crippen molar-refractivity contribution in [3.63, 3.8) is 0 Å². The van der Waals surface area contributed by atoms with Gasteiger partial charge in [0.25, 0.3) is 0 Å². The summed E-state index contributed by atoms with van der Waals surface area (Å²) in [5.41, 5.74) is 1.94. The van der Waals surface area contributed by atoms with Crippen LogP contribution in [-0.4, -0.2) is 17.4 Å². The van der Waals surface area contributed by atoms with Crippen LogP contribution in [0.2, 0.25) is 0 Å². The Morgan fingerprint density at radius 1 is 1.20 bits per heavy atom. The zero-order valence-electron chi connectivity index (χ0n) is 16.5. The first-order chi connectivity index (χ1) is 14.2. The first-order valence-corrected chi connectivity index (χ1v) is 10.4. The minimum Gasteiger partial charge on any atom is -0.462 e. The molecule has 0 saturated heterocycles. The highest BCUT2D eigenvalue weighted by Crippen LogP contribution is 2.39. The normalized spacial score (nSPS) is 16.8. The second kappa shape index (κ2) is 7.80. The lowest BCUT2D eigenvalue weighted by molar-refractivity contribution is -0.137. The Morgan fingerprint density at radius 3 is 2.57 bits per heavy atom. The largest absolute Gasteiger partial charge is 0.462 e. The Morgan fingerprint density at radius 2 is 1.93 bits per heavy atom. The molecule has 0 fully saturated rings. The molecule has 3 aromatic rings. The number of furan rings is 1. The van der Waals surface area contributed by atoms with Crippen molar-refractivity contribution in [2.75, 3.05) is 6.54 Å². The van der Waals surface area contributed by atoms with E-state index in [1.165, 1.54) is 18.2 Å². The van der Waals surface area contributed by atoms with E-state index in [0.717, 1.165) is 40.3 Å². The smallest absolute Gasteiger partial charge is 0.416 e. The van der Waals surface area contributed by atoms with Crippen LogP contribution in [0.4, 0.5) is 13.2 Å². The van der Waals surface area contributed by atoms with Gasteiger partial charge in [-0.2, -0.15) is 13.2 Å². The molecule has 3 heterocycles. The van der Waals surface area contributed by atoms with Crippen molar-refractivity contribution < 1.29 is 22.4 Å². The van der Waals surface area contributed by atoms with E-state index < -0.39 is 17.8 Å². The second-order valence-corrected chi connectivity index (χ2v) is 8.33. The molecule has 0 radical (unpaired) electrons. The first kappa shape index (κ1) is 20.5. The van der Waals surface area contributed by atoms with Crippen molar-refractivity contribution in [1.82, 2.24) is 4.90 Å². The van der Waals surface area contributed by atoms with Crippen LogP contribution in [-0.2, 0) is 17.4 Å². The van der Waals surface area contributed by atoms with E-state index in [0.29, 0.717) is 17.9 Å². The van der Waals surface area contributed by atoms with E-state index in [-0.39, 0.29) is 5.91 Å². The Bertz CT molecular complexity index is 1070. The highest BCUT2D eigenvalue weighted by molar-refractivity contribution is 7.10. The van der Waals surface area contributed by atoms with Gasteiger partial charge < -0.3 is 9.32 Å². The number of alkyl halides is 3. The molecule has 7 heteroatoms. The average molecular weight is 431 g/mol. The number of amides is 1. The van der Waals surface area contributed by atoms with Gasteiger partial charge >= 0.3 is 6.18 Å².